The molecule has 130 valence electrons. The molecular weight excluding hydrogens is 332 g/mol. The highest BCUT2D eigenvalue weighted by molar-refractivity contribution is 6.07. The van der Waals surface area contributed by atoms with Crippen molar-refractivity contribution in [2.75, 3.05) is 0 Å². The number of hydrazone groups is 1. The van der Waals surface area contributed by atoms with Gasteiger partial charge in [0.1, 0.15) is 0 Å². The summed E-state index contributed by atoms with van der Waals surface area (Å²) in [5.74, 6) is -0.340. The van der Waals surface area contributed by atoms with Gasteiger partial charge in [0.15, 0.2) is 0 Å². The summed E-state index contributed by atoms with van der Waals surface area (Å²) < 4.78 is 0. The number of amides is 1. The summed E-state index contributed by atoms with van der Waals surface area (Å²) in [6.45, 7) is 3.55. The zero-order valence-electron chi connectivity index (χ0n) is 14.3. The summed E-state index contributed by atoms with van der Waals surface area (Å²) in [6, 6.07) is 15.1. The first-order valence-electron chi connectivity index (χ1n) is 7.91. The molecule has 0 unspecified atom stereocenters. The van der Waals surface area contributed by atoms with Crippen molar-refractivity contribution in [3.63, 3.8) is 0 Å². The van der Waals surface area contributed by atoms with Gasteiger partial charge in [-0.2, -0.15) is 5.10 Å². The van der Waals surface area contributed by atoms with E-state index in [2.05, 4.69) is 15.5 Å². The number of benzene rings is 2. The van der Waals surface area contributed by atoms with Crippen LogP contribution in [0, 0.1) is 17.0 Å². The van der Waals surface area contributed by atoms with Crippen molar-refractivity contribution in [3.05, 3.63) is 81.5 Å². The molecule has 1 amide bonds. The van der Waals surface area contributed by atoms with Crippen LogP contribution in [0.5, 0.6) is 0 Å². The van der Waals surface area contributed by atoms with Gasteiger partial charge in [-0.25, -0.2) is 5.43 Å². The number of nitrogens with one attached hydrogen (secondary N) is 1. The van der Waals surface area contributed by atoms with Gasteiger partial charge >= 0.3 is 0 Å². The summed E-state index contributed by atoms with van der Waals surface area (Å²) in [5, 5.41) is 15.6. The number of nitro groups is 1. The molecule has 0 fully saturated rings. The van der Waals surface area contributed by atoms with E-state index in [0.717, 1.165) is 16.6 Å². The van der Waals surface area contributed by atoms with Crippen molar-refractivity contribution in [2.24, 2.45) is 5.10 Å². The lowest BCUT2D eigenvalue weighted by Crippen LogP contribution is -2.20. The molecule has 7 heteroatoms. The van der Waals surface area contributed by atoms with E-state index >= 15 is 0 Å². The molecule has 3 aromatic rings. The number of rotatable bonds is 4. The van der Waals surface area contributed by atoms with E-state index < -0.39 is 4.92 Å². The van der Waals surface area contributed by atoms with Crippen molar-refractivity contribution in [1.82, 2.24) is 10.4 Å². The van der Waals surface area contributed by atoms with E-state index in [-0.39, 0.29) is 11.6 Å². The highest BCUT2D eigenvalue weighted by Crippen LogP contribution is 2.18. The van der Waals surface area contributed by atoms with Crippen LogP contribution >= 0.6 is 0 Å². The van der Waals surface area contributed by atoms with Gasteiger partial charge in [-0.1, -0.05) is 18.2 Å². The molecule has 1 aromatic heterocycles. The quantitative estimate of drug-likeness (QED) is 0.442. The number of carbonyl (C=O) groups excluding carboxylic acids is 1. The molecule has 0 saturated carbocycles. The summed E-state index contributed by atoms with van der Waals surface area (Å²) in [7, 11) is 0. The van der Waals surface area contributed by atoms with Crippen LogP contribution in [-0.4, -0.2) is 21.5 Å². The van der Waals surface area contributed by atoms with Crippen LogP contribution in [0.1, 0.15) is 28.5 Å². The Hall–Kier alpha value is -3.61. The standard InChI is InChI=1S/C19H16N4O3/c1-12-11-17(16-5-3-4-6-18(16)20-12)19(24)22-21-13(2)14-7-9-15(10-8-14)23(25)26/h3-11H,1-2H3,(H,22,24)/b21-13-. The minimum atomic E-state index is -0.463. The molecule has 3 rings (SSSR count). The Morgan fingerprint density at radius 1 is 1.15 bits per heavy atom. The number of pyridine rings is 1. The van der Waals surface area contributed by atoms with Gasteiger partial charge in [-0.05, 0) is 43.7 Å². The Morgan fingerprint density at radius 3 is 2.54 bits per heavy atom. The normalized spacial score (nSPS) is 11.4. The minimum absolute atomic E-state index is 0.00400. The molecule has 0 bridgehead atoms. The number of aryl methyl sites for hydroxylation is 1. The highest BCUT2D eigenvalue weighted by Gasteiger charge is 2.12. The molecule has 0 aliphatic heterocycles. The molecule has 26 heavy (non-hydrogen) atoms. The predicted molar refractivity (Wildman–Crippen MR) is 99.3 cm³/mol. The zero-order chi connectivity index (χ0) is 18.7. The third-order valence-electron chi connectivity index (χ3n) is 3.91. The fourth-order valence-electron chi connectivity index (χ4n) is 2.58. The van der Waals surface area contributed by atoms with Crippen LogP contribution in [0.3, 0.4) is 0 Å². The number of hydrogen-bond donors (Lipinski definition) is 1. The second kappa shape index (κ2) is 7.10. The molecule has 2 aromatic carbocycles. The van der Waals surface area contributed by atoms with Gasteiger partial charge in [0.2, 0.25) is 0 Å². The summed E-state index contributed by atoms with van der Waals surface area (Å²) >= 11 is 0. The van der Waals surface area contributed by atoms with Crippen LogP contribution in [0.2, 0.25) is 0 Å². The second-order valence-corrected chi connectivity index (χ2v) is 5.77. The molecule has 1 N–H and O–H groups in total. The largest absolute Gasteiger partial charge is 0.272 e. The maximum absolute atomic E-state index is 12.6. The number of fused-ring (bicyclic) bond motifs is 1. The number of aromatic nitrogens is 1. The third kappa shape index (κ3) is 3.56. The summed E-state index contributed by atoms with van der Waals surface area (Å²) in [5.41, 5.74) is 5.76. The van der Waals surface area contributed by atoms with Gasteiger partial charge in [-0.15, -0.1) is 0 Å². The first-order chi connectivity index (χ1) is 12.5. The van der Waals surface area contributed by atoms with Crippen LogP contribution in [0.4, 0.5) is 5.69 Å². The third-order valence-corrected chi connectivity index (χ3v) is 3.91. The molecule has 0 atom stereocenters. The lowest BCUT2D eigenvalue weighted by molar-refractivity contribution is -0.384. The van der Waals surface area contributed by atoms with Gasteiger partial charge in [0.05, 0.1) is 21.7 Å². The first-order valence-corrected chi connectivity index (χ1v) is 7.91. The van der Waals surface area contributed by atoms with Crippen molar-refractivity contribution in [2.45, 2.75) is 13.8 Å². The number of nitro benzene ring substituents is 1. The van der Waals surface area contributed by atoms with Crippen LogP contribution in [-0.2, 0) is 0 Å². The Bertz CT molecular complexity index is 1030. The molecule has 0 saturated heterocycles. The average molecular weight is 348 g/mol. The molecular formula is C19H16N4O3. The minimum Gasteiger partial charge on any atom is -0.267 e. The Labute approximate surface area is 149 Å². The zero-order valence-corrected chi connectivity index (χ0v) is 14.3. The van der Waals surface area contributed by atoms with E-state index in [1.807, 2.05) is 31.2 Å². The van der Waals surface area contributed by atoms with Crippen molar-refractivity contribution < 1.29 is 9.72 Å². The van der Waals surface area contributed by atoms with Crippen LogP contribution < -0.4 is 5.43 Å². The van der Waals surface area contributed by atoms with E-state index in [4.69, 9.17) is 0 Å². The van der Waals surface area contributed by atoms with E-state index in [1.165, 1.54) is 12.1 Å². The van der Waals surface area contributed by atoms with E-state index in [9.17, 15) is 14.9 Å². The number of carbonyl (C=O) groups is 1. The number of nitrogens with zero attached hydrogens (tertiary/aromatic N) is 3. The topological polar surface area (TPSA) is 97.5 Å². The van der Waals surface area contributed by atoms with Crippen LogP contribution in [0.15, 0.2) is 59.7 Å². The SMILES string of the molecule is C/C(=N/NC(=O)c1cc(C)nc2ccccc12)c1ccc([N+](=O)[O-])cc1. The Kier molecular flexibility index (Phi) is 4.70. The van der Waals surface area contributed by atoms with Crippen molar-refractivity contribution >= 4 is 28.2 Å². The van der Waals surface area contributed by atoms with Gasteiger partial charge in [0.25, 0.3) is 11.6 Å². The molecule has 0 aliphatic carbocycles. The predicted octanol–water partition coefficient (Wildman–Crippen LogP) is 3.61. The van der Waals surface area contributed by atoms with Crippen molar-refractivity contribution in [3.8, 4) is 0 Å². The van der Waals surface area contributed by atoms with E-state index in [1.54, 1.807) is 25.1 Å². The Morgan fingerprint density at radius 2 is 1.85 bits per heavy atom. The summed E-state index contributed by atoms with van der Waals surface area (Å²) in [4.78, 5) is 27.2. The smallest absolute Gasteiger partial charge is 0.267 e. The molecule has 0 spiro atoms. The maximum atomic E-state index is 12.6. The molecule has 7 nitrogen and oxygen atoms in total. The highest BCUT2D eigenvalue weighted by atomic mass is 16.6. The maximum Gasteiger partial charge on any atom is 0.272 e. The molecule has 0 radical (unpaired) electrons. The monoisotopic (exact) mass is 348 g/mol. The van der Waals surface area contributed by atoms with Gasteiger partial charge in [0, 0.05) is 23.2 Å². The lowest BCUT2D eigenvalue weighted by Gasteiger charge is -2.07. The summed E-state index contributed by atoms with van der Waals surface area (Å²) in [6.07, 6.45) is 0. The fourth-order valence-corrected chi connectivity index (χ4v) is 2.58. The Balaban J connectivity index is 1.84. The lowest BCUT2D eigenvalue weighted by atomic mass is 10.1. The number of non-ortho nitro benzene ring substituents is 1. The van der Waals surface area contributed by atoms with Gasteiger partial charge in [-0.3, -0.25) is 19.9 Å². The molecule has 0 aliphatic rings. The average Bonchev–Trinajstić information content (AvgIpc) is 2.65. The van der Waals surface area contributed by atoms with Gasteiger partial charge < -0.3 is 0 Å². The fraction of sp³-hybridized carbons (Fsp3) is 0.105. The molecule has 1 heterocycles. The van der Waals surface area contributed by atoms with Crippen LogP contribution in [0.25, 0.3) is 10.9 Å². The van der Waals surface area contributed by atoms with Crippen molar-refractivity contribution in [1.29, 1.82) is 0 Å². The second-order valence-electron chi connectivity index (χ2n) is 5.77. The first kappa shape index (κ1) is 17.2. The number of para-hydroxylation sites is 1. The number of hydrogen-bond acceptors (Lipinski definition) is 5. The van der Waals surface area contributed by atoms with E-state index in [0.29, 0.717) is 16.8 Å².